The molecule has 1 aliphatic heterocycles. The zero-order valence-electron chi connectivity index (χ0n) is 8.29. The van der Waals surface area contributed by atoms with Crippen molar-refractivity contribution in [3.63, 3.8) is 0 Å². The summed E-state index contributed by atoms with van der Waals surface area (Å²) < 4.78 is 0. The molecule has 1 fully saturated rings. The minimum atomic E-state index is -0.166. The summed E-state index contributed by atoms with van der Waals surface area (Å²) in [5.41, 5.74) is 0. The number of hydrogen-bond acceptors (Lipinski definition) is 2. The molecule has 0 aromatic heterocycles. The predicted molar refractivity (Wildman–Crippen MR) is 51.1 cm³/mol. The minimum Gasteiger partial charge on any atom is -0.392 e. The maximum atomic E-state index is 9.22. The van der Waals surface area contributed by atoms with Crippen molar-refractivity contribution in [1.82, 2.24) is 4.90 Å². The van der Waals surface area contributed by atoms with Crippen LogP contribution in [0.25, 0.3) is 0 Å². The van der Waals surface area contributed by atoms with E-state index in [0.717, 1.165) is 12.5 Å². The Morgan fingerprint density at radius 3 is 2.92 bits per heavy atom. The molecule has 0 aromatic rings. The van der Waals surface area contributed by atoms with Crippen molar-refractivity contribution in [2.24, 2.45) is 5.92 Å². The Morgan fingerprint density at radius 1 is 1.58 bits per heavy atom. The van der Waals surface area contributed by atoms with Crippen LogP contribution in [-0.2, 0) is 0 Å². The fraction of sp³-hybridized carbons (Fsp3) is 1.00. The first-order valence-corrected chi connectivity index (χ1v) is 5.12. The van der Waals surface area contributed by atoms with E-state index in [0.29, 0.717) is 0 Å². The molecule has 1 heterocycles. The van der Waals surface area contributed by atoms with E-state index < -0.39 is 0 Å². The predicted octanol–water partition coefficient (Wildman–Crippen LogP) is 1.49. The highest BCUT2D eigenvalue weighted by atomic mass is 16.3. The number of likely N-dealkylation sites (tertiary alicyclic amines) is 1. The smallest absolute Gasteiger partial charge is 0.0639 e. The zero-order valence-corrected chi connectivity index (χ0v) is 8.29. The molecule has 0 radical (unpaired) electrons. The number of aliphatic hydroxyl groups is 1. The Balaban J connectivity index is 2.25. The minimum absolute atomic E-state index is 0.166. The molecule has 1 aliphatic rings. The summed E-state index contributed by atoms with van der Waals surface area (Å²) in [7, 11) is 0. The van der Waals surface area contributed by atoms with Crippen LogP contribution in [0, 0.1) is 5.92 Å². The highest BCUT2D eigenvalue weighted by Crippen LogP contribution is 2.18. The molecule has 72 valence electrons. The van der Waals surface area contributed by atoms with Crippen LogP contribution in [0.4, 0.5) is 0 Å². The van der Waals surface area contributed by atoms with Crippen LogP contribution >= 0.6 is 0 Å². The van der Waals surface area contributed by atoms with E-state index in [-0.39, 0.29) is 6.10 Å². The van der Waals surface area contributed by atoms with Gasteiger partial charge in [0.15, 0.2) is 0 Å². The fourth-order valence-electron chi connectivity index (χ4n) is 2.02. The molecule has 0 spiro atoms. The molecular weight excluding hydrogens is 150 g/mol. The molecule has 0 bridgehead atoms. The maximum Gasteiger partial charge on any atom is 0.0639 e. The number of nitrogens with zero attached hydrogens (tertiary/aromatic N) is 1. The number of aliphatic hydroxyl groups excluding tert-OH is 1. The van der Waals surface area contributed by atoms with Crippen molar-refractivity contribution in [2.75, 3.05) is 19.6 Å². The SMILES string of the molecule is CCC1CCCN(CC(C)O)C1. The van der Waals surface area contributed by atoms with Crippen LogP contribution < -0.4 is 0 Å². The highest BCUT2D eigenvalue weighted by molar-refractivity contribution is 4.72. The largest absolute Gasteiger partial charge is 0.392 e. The average molecular weight is 171 g/mol. The van der Waals surface area contributed by atoms with E-state index in [1.807, 2.05) is 6.92 Å². The van der Waals surface area contributed by atoms with Crippen LogP contribution in [-0.4, -0.2) is 35.7 Å². The van der Waals surface area contributed by atoms with Crippen LogP contribution in [0.3, 0.4) is 0 Å². The van der Waals surface area contributed by atoms with Gasteiger partial charge in [-0.15, -0.1) is 0 Å². The molecule has 2 nitrogen and oxygen atoms in total. The maximum absolute atomic E-state index is 9.22. The monoisotopic (exact) mass is 171 g/mol. The molecule has 0 saturated carbocycles. The van der Waals surface area contributed by atoms with Crippen molar-refractivity contribution in [3.8, 4) is 0 Å². The summed E-state index contributed by atoms with van der Waals surface area (Å²) in [4.78, 5) is 2.39. The molecule has 1 saturated heterocycles. The molecule has 1 rings (SSSR count). The topological polar surface area (TPSA) is 23.5 Å². The normalized spacial score (nSPS) is 28.8. The van der Waals surface area contributed by atoms with Gasteiger partial charge in [0.2, 0.25) is 0 Å². The Labute approximate surface area is 75.6 Å². The molecule has 0 aromatic carbocycles. The van der Waals surface area contributed by atoms with Gasteiger partial charge in [0.25, 0.3) is 0 Å². The second-order valence-electron chi connectivity index (χ2n) is 4.03. The van der Waals surface area contributed by atoms with Gasteiger partial charge in [-0.3, -0.25) is 0 Å². The van der Waals surface area contributed by atoms with Crippen LogP contribution in [0.5, 0.6) is 0 Å². The van der Waals surface area contributed by atoms with Gasteiger partial charge in [0, 0.05) is 13.1 Å². The van der Waals surface area contributed by atoms with Gasteiger partial charge in [-0.05, 0) is 32.2 Å². The Hall–Kier alpha value is -0.0800. The Bertz CT molecular complexity index is 125. The summed E-state index contributed by atoms with van der Waals surface area (Å²) in [6.07, 6.45) is 3.81. The molecular formula is C10H21NO. The summed E-state index contributed by atoms with van der Waals surface area (Å²) in [5.74, 6) is 0.873. The second kappa shape index (κ2) is 4.83. The molecule has 12 heavy (non-hydrogen) atoms. The van der Waals surface area contributed by atoms with Gasteiger partial charge >= 0.3 is 0 Å². The first-order valence-electron chi connectivity index (χ1n) is 5.12. The van der Waals surface area contributed by atoms with E-state index >= 15 is 0 Å². The second-order valence-corrected chi connectivity index (χ2v) is 4.03. The fourth-order valence-corrected chi connectivity index (χ4v) is 2.02. The third-order valence-electron chi connectivity index (χ3n) is 2.70. The van der Waals surface area contributed by atoms with Crippen molar-refractivity contribution >= 4 is 0 Å². The van der Waals surface area contributed by atoms with Gasteiger partial charge < -0.3 is 10.0 Å². The molecule has 2 unspecified atom stereocenters. The molecule has 2 atom stereocenters. The van der Waals surface area contributed by atoms with E-state index in [1.54, 1.807) is 0 Å². The average Bonchev–Trinajstić information content (AvgIpc) is 2.03. The van der Waals surface area contributed by atoms with Gasteiger partial charge in [-0.25, -0.2) is 0 Å². The summed E-state index contributed by atoms with van der Waals surface area (Å²) in [6.45, 7) is 7.37. The summed E-state index contributed by atoms with van der Waals surface area (Å²) in [6, 6.07) is 0. The van der Waals surface area contributed by atoms with Crippen LogP contribution in [0.15, 0.2) is 0 Å². The Morgan fingerprint density at radius 2 is 2.33 bits per heavy atom. The van der Waals surface area contributed by atoms with Crippen molar-refractivity contribution in [2.45, 2.75) is 39.2 Å². The summed E-state index contributed by atoms with van der Waals surface area (Å²) >= 11 is 0. The number of β-amino-alcohol motifs (C(OH)–C–C–N with tert-alkyl or cyclic N) is 1. The first-order chi connectivity index (χ1) is 5.72. The van der Waals surface area contributed by atoms with Crippen molar-refractivity contribution in [1.29, 1.82) is 0 Å². The van der Waals surface area contributed by atoms with E-state index in [2.05, 4.69) is 11.8 Å². The van der Waals surface area contributed by atoms with E-state index in [4.69, 9.17) is 0 Å². The molecule has 0 aliphatic carbocycles. The van der Waals surface area contributed by atoms with E-state index in [1.165, 1.54) is 32.4 Å². The van der Waals surface area contributed by atoms with Crippen LogP contribution in [0.2, 0.25) is 0 Å². The van der Waals surface area contributed by atoms with E-state index in [9.17, 15) is 5.11 Å². The third-order valence-corrected chi connectivity index (χ3v) is 2.70. The lowest BCUT2D eigenvalue weighted by molar-refractivity contribution is 0.0939. The third kappa shape index (κ3) is 3.11. The zero-order chi connectivity index (χ0) is 8.97. The number of rotatable bonds is 3. The lowest BCUT2D eigenvalue weighted by Crippen LogP contribution is -2.39. The number of piperidine rings is 1. The quantitative estimate of drug-likeness (QED) is 0.695. The number of hydrogen-bond donors (Lipinski definition) is 1. The van der Waals surface area contributed by atoms with Gasteiger partial charge in [-0.2, -0.15) is 0 Å². The molecule has 2 heteroatoms. The van der Waals surface area contributed by atoms with Crippen LogP contribution in [0.1, 0.15) is 33.1 Å². The van der Waals surface area contributed by atoms with Crippen molar-refractivity contribution in [3.05, 3.63) is 0 Å². The summed E-state index contributed by atoms with van der Waals surface area (Å²) in [5, 5.41) is 9.22. The van der Waals surface area contributed by atoms with Gasteiger partial charge in [-0.1, -0.05) is 13.3 Å². The van der Waals surface area contributed by atoms with Gasteiger partial charge in [0.05, 0.1) is 6.10 Å². The Kier molecular flexibility index (Phi) is 4.02. The van der Waals surface area contributed by atoms with Gasteiger partial charge in [0.1, 0.15) is 0 Å². The highest BCUT2D eigenvalue weighted by Gasteiger charge is 2.18. The molecule has 1 N–H and O–H groups in total. The molecule has 0 amide bonds. The first kappa shape index (κ1) is 10.0. The van der Waals surface area contributed by atoms with Crippen molar-refractivity contribution < 1.29 is 5.11 Å². The standard InChI is InChI=1S/C10H21NO/c1-3-10-5-4-6-11(8-10)7-9(2)12/h9-10,12H,3-8H2,1-2H3. The lowest BCUT2D eigenvalue weighted by Gasteiger charge is -2.32. The lowest BCUT2D eigenvalue weighted by atomic mass is 9.95.